The second-order valence-corrected chi connectivity index (χ2v) is 6.88. The van der Waals surface area contributed by atoms with Gasteiger partial charge in [-0.15, -0.1) is 0 Å². The smallest absolute Gasteiger partial charge is 0.308 e. The van der Waals surface area contributed by atoms with Crippen molar-refractivity contribution in [3.8, 4) is 0 Å². The SMILES string of the molecule is Cc1ccccc1C1(C(=O)N(C)CC(C)C(=O)O)CCCCC1. The van der Waals surface area contributed by atoms with E-state index in [2.05, 4.69) is 19.1 Å². The van der Waals surface area contributed by atoms with E-state index in [1.165, 1.54) is 0 Å². The van der Waals surface area contributed by atoms with Crippen LogP contribution in [-0.4, -0.2) is 35.5 Å². The molecule has 1 aromatic rings. The van der Waals surface area contributed by atoms with Crippen LogP contribution in [0.5, 0.6) is 0 Å². The highest BCUT2D eigenvalue weighted by Gasteiger charge is 2.43. The van der Waals surface area contributed by atoms with Crippen LogP contribution in [-0.2, 0) is 15.0 Å². The number of aryl methyl sites for hydroxylation is 1. The highest BCUT2D eigenvalue weighted by atomic mass is 16.4. The lowest BCUT2D eigenvalue weighted by Gasteiger charge is -2.40. The van der Waals surface area contributed by atoms with Crippen LogP contribution in [0.3, 0.4) is 0 Å². The summed E-state index contributed by atoms with van der Waals surface area (Å²) in [5.41, 5.74) is 1.76. The van der Waals surface area contributed by atoms with E-state index >= 15 is 0 Å². The van der Waals surface area contributed by atoms with Crippen LogP contribution in [0.2, 0.25) is 0 Å². The van der Waals surface area contributed by atoms with E-state index in [1.54, 1.807) is 18.9 Å². The van der Waals surface area contributed by atoms with Crippen LogP contribution < -0.4 is 0 Å². The highest BCUT2D eigenvalue weighted by Crippen LogP contribution is 2.42. The number of aliphatic carboxylic acids is 1. The number of carbonyl (C=O) groups excluding carboxylic acids is 1. The zero-order valence-corrected chi connectivity index (χ0v) is 14.3. The Labute approximate surface area is 138 Å². The van der Waals surface area contributed by atoms with Gasteiger partial charge in [0.05, 0.1) is 11.3 Å². The van der Waals surface area contributed by atoms with Crippen LogP contribution in [0.1, 0.15) is 50.2 Å². The number of hydrogen-bond acceptors (Lipinski definition) is 2. The maximum Gasteiger partial charge on any atom is 0.308 e. The Kier molecular flexibility index (Phi) is 5.45. The van der Waals surface area contributed by atoms with Gasteiger partial charge in [-0.1, -0.05) is 50.5 Å². The number of benzene rings is 1. The molecular weight excluding hydrogens is 290 g/mol. The summed E-state index contributed by atoms with van der Waals surface area (Å²) in [5.74, 6) is -1.35. The molecule has 4 nitrogen and oxygen atoms in total. The number of likely N-dealkylation sites (N-methyl/N-ethyl adjacent to an activating group) is 1. The molecule has 1 unspecified atom stereocenters. The summed E-state index contributed by atoms with van der Waals surface area (Å²) in [5, 5.41) is 9.11. The summed E-state index contributed by atoms with van der Waals surface area (Å²) in [6.07, 6.45) is 4.95. The summed E-state index contributed by atoms with van der Waals surface area (Å²) in [6, 6.07) is 8.10. The van der Waals surface area contributed by atoms with Crippen molar-refractivity contribution in [1.29, 1.82) is 0 Å². The molecule has 4 heteroatoms. The van der Waals surface area contributed by atoms with Gasteiger partial charge in [0, 0.05) is 13.6 Å². The van der Waals surface area contributed by atoms with Crippen molar-refractivity contribution in [3.05, 3.63) is 35.4 Å². The van der Waals surface area contributed by atoms with Crippen molar-refractivity contribution in [1.82, 2.24) is 4.90 Å². The zero-order chi connectivity index (χ0) is 17.0. The number of amides is 1. The lowest BCUT2D eigenvalue weighted by molar-refractivity contribution is -0.144. The summed E-state index contributed by atoms with van der Waals surface area (Å²) in [7, 11) is 1.73. The van der Waals surface area contributed by atoms with Crippen molar-refractivity contribution in [2.75, 3.05) is 13.6 Å². The Morgan fingerprint density at radius 2 is 1.83 bits per heavy atom. The molecule has 1 aromatic carbocycles. The number of hydrogen-bond donors (Lipinski definition) is 1. The molecule has 0 bridgehead atoms. The lowest BCUT2D eigenvalue weighted by atomic mass is 9.67. The molecule has 1 fully saturated rings. The molecule has 0 spiro atoms. The van der Waals surface area contributed by atoms with E-state index in [9.17, 15) is 9.59 Å². The van der Waals surface area contributed by atoms with Crippen molar-refractivity contribution < 1.29 is 14.7 Å². The molecule has 0 aliphatic heterocycles. The van der Waals surface area contributed by atoms with Gasteiger partial charge in [-0.05, 0) is 30.9 Å². The average molecular weight is 317 g/mol. The van der Waals surface area contributed by atoms with Gasteiger partial charge in [0.1, 0.15) is 0 Å². The lowest BCUT2D eigenvalue weighted by Crippen LogP contribution is -2.48. The third-order valence-corrected chi connectivity index (χ3v) is 5.09. The van der Waals surface area contributed by atoms with Crippen LogP contribution >= 0.6 is 0 Å². The number of rotatable bonds is 5. The van der Waals surface area contributed by atoms with Crippen LogP contribution in [0.4, 0.5) is 0 Å². The molecule has 1 N–H and O–H groups in total. The van der Waals surface area contributed by atoms with E-state index in [4.69, 9.17) is 5.11 Å². The van der Waals surface area contributed by atoms with E-state index in [0.717, 1.165) is 43.2 Å². The van der Waals surface area contributed by atoms with Crippen LogP contribution in [0, 0.1) is 12.8 Å². The number of carboxylic acids is 1. The van der Waals surface area contributed by atoms with E-state index in [-0.39, 0.29) is 12.5 Å². The first-order chi connectivity index (χ1) is 10.9. The van der Waals surface area contributed by atoms with Crippen LogP contribution in [0.15, 0.2) is 24.3 Å². The molecule has 126 valence electrons. The molecule has 1 aliphatic carbocycles. The Balaban J connectivity index is 2.33. The topological polar surface area (TPSA) is 57.6 Å². The van der Waals surface area contributed by atoms with Gasteiger partial charge in [0.15, 0.2) is 0 Å². The van der Waals surface area contributed by atoms with Gasteiger partial charge < -0.3 is 10.0 Å². The van der Waals surface area contributed by atoms with Gasteiger partial charge >= 0.3 is 5.97 Å². The second-order valence-electron chi connectivity index (χ2n) is 6.88. The van der Waals surface area contributed by atoms with E-state index in [1.807, 2.05) is 12.1 Å². The summed E-state index contributed by atoms with van der Waals surface area (Å²) >= 11 is 0. The standard InChI is InChI=1S/C19H27NO3/c1-14-9-5-6-10-16(14)19(11-7-4-8-12-19)18(23)20(3)13-15(2)17(21)22/h5-6,9-10,15H,4,7-8,11-13H2,1-3H3,(H,21,22). The monoisotopic (exact) mass is 317 g/mol. The van der Waals surface area contributed by atoms with Gasteiger partial charge in [-0.3, -0.25) is 9.59 Å². The molecule has 1 amide bonds. The first kappa shape index (κ1) is 17.5. The average Bonchev–Trinajstić information content (AvgIpc) is 2.55. The van der Waals surface area contributed by atoms with Gasteiger partial charge in [0.2, 0.25) is 5.91 Å². The molecule has 0 aromatic heterocycles. The number of carboxylic acid groups (broad SMARTS) is 1. The van der Waals surface area contributed by atoms with Crippen molar-refractivity contribution >= 4 is 11.9 Å². The fraction of sp³-hybridized carbons (Fsp3) is 0.579. The summed E-state index contributed by atoms with van der Waals surface area (Å²) < 4.78 is 0. The Hall–Kier alpha value is -1.84. The third-order valence-electron chi connectivity index (χ3n) is 5.09. The van der Waals surface area contributed by atoms with Gasteiger partial charge in [0.25, 0.3) is 0 Å². The Morgan fingerprint density at radius 3 is 2.39 bits per heavy atom. The molecule has 23 heavy (non-hydrogen) atoms. The predicted molar refractivity (Wildman–Crippen MR) is 90.4 cm³/mol. The van der Waals surface area contributed by atoms with Crippen molar-refractivity contribution in [3.63, 3.8) is 0 Å². The number of nitrogens with zero attached hydrogens (tertiary/aromatic N) is 1. The minimum atomic E-state index is -0.863. The predicted octanol–water partition coefficient (Wildman–Crippen LogP) is 3.38. The third kappa shape index (κ3) is 3.57. The first-order valence-corrected chi connectivity index (χ1v) is 8.43. The Bertz CT molecular complexity index is 576. The molecule has 1 aliphatic rings. The molecule has 1 saturated carbocycles. The zero-order valence-electron chi connectivity index (χ0n) is 14.3. The minimum absolute atomic E-state index is 0.0691. The van der Waals surface area contributed by atoms with Gasteiger partial charge in [-0.25, -0.2) is 0 Å². The maximum absolute atomic E-state index is 13.3. The molecule has 2 rings (SSSR count). The normalized spacial score (nSPS) is 18.2. The largest absolute Gasteiger partial charge is 0.481 e. The van der Waals surface area contributed by atoms with E-state index < -0.39 is 17.3 Å². The van der Waals surface area contributed by atoms with E-state index in [0.29, 0.717) is 0 Å². The molecular formula is C19H27NO3. The maximum atomic E-state index is 13.3. The fourth-order valence-electron chi connectivity index (χ4n) is 3.80. The molecule has 0 heterocycles. The quantitative estimate of drug-likeness (QED) is 0.906. The second kappa shape index (κ2) is 7.16. The molecule has 0 saturated heterocycles. The summed E-state index contributed by atoms with van der Waals surface area (Å²) in [6.45, 7) is 3.95. The molecule has 0 radical (unpaired) electrons. The first-order valence-electron chi connectivity index (χ1n) is 8.43. The van der Waals surface area contributed by atoms with Gasteiger partial charge in [-0.2, -0.15) is 0 Å². The van der Waals surface area contributed by atoms with Crippen molar-refractivity contribution in [2.24, 2.45) is 5.92 Å². The highest BCUT2D eigenvalue weighted by molar-refractivity contribution is 5.89. The summed E-state index contributed by atoms with van der Waals surface area (Å²) in [4.78, 5) is 26.0. The number of carbonyl (C=O) groups is 2. The van der Waals surface area contributed by atoms with Crippen molar-refractivity contribution in [2.45, 2.75) is 51.4 Å². The minimum Gasteiger partial charge on any atom is -0.481 e. The Morgan fingerprint density at radius 1 is 1.22 bits per heavy atom. The fourth-order valence-corrected chi connectivity index (χ4v) is 3.80. The van der Waals surface area contributed by atoms with Crippen LogP contribution in [0.25, 0.3) is 0 Å². The molecule has 1 atom stereocenters.